The van der Waals surface area contributed by atoms with E-state index < -0.39 is 0 Å². The Bertz CT molecular complexity index is 544. The molecule has 0 saturated heterocycles. The lowest BCUT2D eigenvalue weighted by Crippen LogP contribution is -2.08. The fourth-order valence-electron chi connectivity index (χ4n) is 2.45. The minimum atomic E-state index is 0.325. The van der Waals surface area contributed by atoms with Crippen molar-refractivity contribution in [1.29, 1.82) is 0 Å². The van der Waals surface area contributed by atoms with Gasteiger partial charge < -0.3 is 5.32 Å². The Morgan fingerprint density at radius 3 is 3.11 bits per heavy atom. The highest BCUT2D eigenvalue weighted by Crippen LogP contribution is 2.31. The molecule has 94 valence electrons. The van der Waals surface area contributed by atoms with Gasteiger partial charge in [-0.1, -0.05) is 6.07 Å². The Balaban J connectivity index is 1.78. The van der Waals surface area contributed by atoms with E-state index in [0.29, 0.717) is 12.1 Å². The van der Waals surface area contributed by atoms with E-state index in [2.05, 4.69) is 41.5 Å². The van der Waals surface area contributed by atoms with Gasteiger partial charge in [0.25, 0.3) is 0 Å². The molecule has 0 amide bonds. The molecular weight excluding hydrogens is 224 g/mol. The molecule has 0 radical (unpaired) electrons. The van der Waals surface area contributed by atoms with Gasteiger partial charge in [-0.3, -0.25) is 9.67 Å². The summed E-state index contributed by atoms with van der Waals surface area (Å²) in [6.45, 7) is 4.26. The van der Waals surface area contributed by atoms with Crippen LogP contribution < -0.4 is 5.32 Å². The number of hydrogen-bond donors (Lipinski definition) is 1. The number of fused-ring (bicyclic) bond motifs is 1. The van der Waals surface area contributed by atoms with Crippen LogP contribution >= 0.6 is 0 Å². The second-order valence-electron chi connectivity index (χ2n) is 5.09. The van der Waals surface area contributed by atoms with E-state index in [1.165, 1.54) is 11.3 Å². The zero-order chi connectivity index (χ0) is 12.5. The van der Waals surface area contributed by atoms with Crippen LogP contribution in [0.5, 0.6) is 0 Å². The van der Waals surface area contributed by atoms with Crippen LogP contribution in [0, 0.1) is 0 Å². The molecule has 2 aromatic rings. The number of anilines is 1. The summed E-state index contributed by atoms with van der Waals surface area (Å²) in [6.07, 6.45) is 8.04. The second kappa shape index (κ2) is 4.44. The van der Waals surface area contributed by atoms with Gasteiger partial charge in [0, 0.05) is 18.4 Å². The van der Waals surface area contributed by atoms with Crippen LogP contribution in [0.15, 0.2) is 30.7 Å². The summed E-state index contributed by atoms with van der Waals surface area (Å²) in [5.74, 6) is 0. The van der Waals surface area contributed by atoms with Gasteiger partial charge in [0.05, 0.1) is 23.6 Å². The molecule has 18 heavy (non-hydrogen) atoms. The zero-order valence-electron chi connectivity index (χ0n) is 10.8. The molecule has 0 spiro atoms. The summed E-state index contributed by atoms with van der Waals surface area (Å²) < 4.78 is 1.97. The van der Waals surface area contributed by atoms with Gasteiger partial charge in [0.15, 0.2) is 0 Å². The SMILES string of the molecule is CC(C)n1cc(NC2CCc3cccnc32)cn1. The first kappa shape index (κ1) is 11.3. The van der Waals surface area contributed by atoms with Gasteiger partial charge in [-0.25, -0.2) is 0 Å². The molecular formula is C14H18N4. The van der Waals surface area contributed by atoms with Gasteiger partial charge in [-0.2, -0.15) is 5.10 Å². The topological polar surface area (TPSA) is 42.7 Å². The molecule has 2 heterocycles. The minimum Gasteiger partial charge on any atom is -0.374 e. The molecule has 1 unspecified atom stereocenters. The average Bonchev–Trinajstić information content (AvgIpc) is 2.98. The number of nitrogens with zero attached hydrogens (tertiary/aromatic N) is 3. The summed E-state index contributed by atoms with van der Waals surface area (Å²) in [4.78, 5) is 4.49. The van der Waals surface area contributed by atoms with E-state index in [0.717, 1.165) is 18.5 Å². The smallest absolute Gasteiger partial charge is 0.0731 e. The fraction of sp³-hybridized carbons (Fsp3) is 0.429. The molecule has 0 aromatic carbocycles. The molecule has 4 nitrogen and oxygen atoms in total. The molecule has 3 rings (SSSR count). The number of aromatic nitrogens is 3. The molecule has 0 bridgehead atoms. The molecule has 4 heteroatoms. The van der Waals surface area contributed by atoms with Crippen molar-refractivity contribution in [1.82, 2.24) is 14.8 Å². The van der Waals surface area contributed by atoms with E-state index >= 15 is 0 Å². The highest BCUT2D eigenvalue weighted by molar-refractivity contribution is 5.43. The first-order valence-electron chi connectivity index (χ1n) is 6.48. The van der Waals surface area contributed by atoms with Crippen LogP contribution in [-0.4, -0.2) is 14.8 Å². The standard InChI is InChI=1S/C14H18N4/c1-10(2)18-9-12(8-16-18)17-13-6-5-11-4-3-7-15-14(11)13/h3-4,7-10,13,17H,5-6H2,1-2H3. The van der Waals surface area contributed by atoms with E-state index in [-0.39, 0.29) is 0 Å². The highest BCUT2D eigenvalue weighted by atomic mass is 15.3. The van der Waals surface area contributed by atoms with Crippen LogP contribution in [0.3, 0.4) is 0 Å². The lowest BCUT2D eigenvalue weighted by molar-refractivity contribution is 0.532. The molecule has 2 aromatic heterocycles. The van der Waals surface area contributed by atoms with E-state index in [1.807, 2.05) is 23.1 Å². The highest BCUT2D eigenvalue weighted by Gasteiger charge is 2.23. The average molecular weight is 242 g/mol. The van der Waals surface area contributed by atoms with Crippen molar-refractivity contribution >= 4 is 5.69 Å². The van der Waals surface area contributed by atoms with Gasteiger partial charge >= 0.3 is 0 Å². The lowest BCUT2D eigenvalue weighted by atomic mass is 10.2. The van der Waals surface area contributed by atoms with E-state index in [1.54, 1.807) is 0 Å². The van der Waals surface area contributed by atoms with Crippen molar-refractivity contribution in [3.63, 3.8) is 0 Å². The van der Waals surface area contributed by atoms with Crippen LogP contribution in [0.1, 0.15) is 43.6 Å². The molecule has 1 aliphatic carbocycles. The maximum Gasteiger partial charge on any atom is 0.0731 e. The Kier molecular flexibility index (Phi) is 2.78. The maximum absolute atomic E-state index is 4.49. The van der Waals surface area contributed by atoms with E-state index in [9.17, 15) is 0 Å². The largest absolute Gasteiger partial charge is 0.374 e. The first-order chi connectivity index (χ1) is 8.74. The number of pyridine rings is 1. The monoisotopic (exact) mass is 242 g/mol. The van der Waals surface area contributed by atoms with Crippen molar-refractivity contribution < 1.29 is 0 Å². The van der Waals surface area contributed by atoms with Crippen LogP contribution in [0.4, 0.5) is 5.69 Å². The quantitative estimate of drug-likeness (QED) is 0.899. The van der Waals surface area contributed by atoms with Crippen molar-refractivity contribution in [2.75, 3.05) is 5.32 Å². The molecule has 0 saturated carbocycles. The Hall–Kier alpha value is -1.84. The Morgan fingerprint density at radius 2 is 2.33 bits per heavy atom. The third-order valence-corrected chi connectivity index (χ3v) is 3.43. The van der Waals surface area contributed by atoms with Gasteiger partial charge in [0.1, 0.15) is 0 Å². The van der Waals surface area contributed by atoms with Gasteiger partial charge in [-0.05, 0) is 38.3 Å². The fourth-order valence-corrected chi connectivity index (χ4v) is 2.45. The number of hydrogen-bond acceptors (Lipinski definition) is 3. The van der Waals surface area contributed by atoms with Crippen LogP contribution in [-0.2, 0) is 6.42 Å². The van der Waals surface area contributed by atoms with Gasteiger partial charge in [-0.15, -0.1) is 0 Å². The van der Waals surface area contributed by atoms with Crippen LogP contribution in [0.2, 0.25) is 0 Å². The summed E-state index contributed by atoms with van der Waals surface area (Å²) in [5, 5.41) is 7.87. The molecule has 0 aliphatic heterocycles. The molecule has 1 aliphatic rings. The van der Waals surface area contributed by atoms with Crippen molar-refractivity contribution in [3.8, 4) is 0 Å². The second-order valence-corrected chi connectivity index (χ2v) is 5.09. The van der Waals surface area contributed by atoms with Crippen molar-refractivity contribution in [3.05, 3.63) is 42.0 Å². The zero-order valence-corrected chi connectivity index (χ0v) is 10.8. The lowest BCUT2D eigenvalue weighted by Gasteiger charge is -2.12. The third kappa shape index (κ3) is 1.98. The number of nitrogens with one attached hydrogen (secondary N) is 1. The Labute approximate surface area is 107 Å². The summed E-state index contributed by atoms with van der Waals surface area (Å²) >= 11 is 0. The predicted molar refractivity (Wildman–Crippen MR) is 71.5 cm³/mol. The van der Waals surface area contributed by atoms with Crippen LogP contribution in [0.25, 0.3) is 0 Å². The summed E-state index contributed by atoms with van der Waals surface area (Å²) in [5.41, 5.74) is 3.63. The molecule has 1 N–H and O–H groups in total. The molecule has 1 atom stereocenters. The first-order valence-corrected chi connectivity index (χ1v) is 6.48. The molecule has 0 fully saturated rings. The third-order valence-electron chi connectivity index (χ3n) is 3.43. The van der Waals surface area contributed by atoms with Crippen molar-refractivity contribution in [2.45, 2.75) is 38.8 Å². The summed E-state index contributed by atoms with van der Waals surface area (Å²) in [7, 11) is 0. The maximum atomic E-state index is 4.49. The van der Waals surface area contributed by atoms with E-state index in [4.69, 9.17) is 0 Å². The predicted octanol–water partition coefficient (Wildman–Crippen LogP) is 2.96. The van der Waals surface area contributed by atoms with Crippen molar-refractivity contribution in [2.24, 2.45) is 0 Å². The normalized spacial score (nSPS) is 18.1. The Morgan fingerprint density at radius 1 is 1.44 bits per heavy atom. The number of rotatable bonds is 3. The number of aryl methyl sites for hydroxylation is 1. The van der Waals surface area contributed by atoms with Gasteiger partial charge in [0.2, 0.25) is 0 Å². The minimum absolute atomic E-state index is 0.325. The summed E-state index contributed by atoms with van der Waals surface area (Å²) in [6, 6.07) is 4.90.